The minimum atomic E-state index is -0.674. The molecule has 2 heterocycles. The first-order chi connectivity index (χ1) is 11.6. The summed E-state index contributed by atoms with van der Waals surface area (Å²) >= 11 is 0. The number of benzene rings is 1. The maximum absolute atomic E-state index is 13.7. The summed E-state index contributed by atoms with van der Waals surface area (Å²) < 4.78 is 13.7. The molecule has 1 aromatic carbocycles. The Morgan fingerprint density at radius 2 is 2.21 bits per heavy atom. The van der Waals surface area contributed by atoms with E-state index in [9.17, 15) is 14.0 Å². The van der Waals surface area contributed by atoms with E-state index in [-0.39, 0.29) is 30.5 Å². The second-order valence-electron chi connectivity index (χ2n) is 6.14. The highest BCUT2D eigenvalue weighted by Crippen LogP contribution is 2.38. The molecule has 24 heavy (non-hydrogen) atoms. The number of nitrogens with one attached hydrogen (secondary N) is 3. The fraction of sp³-hybridized carbons (Fsp3) is 0.375. The number of hydrogen-bond acceptors (Lipinski definition) is 4. The van der Waals surface area contributed by atoms with Crippen LogP contribution in [0.3, 0.4) is 0 Å². The molecule has 8 heteroatoms. The number of amides is 2. The van der Waals surface area contributed by atoms with E-state index in [4.69, 9.17) is 0 Å². The van der Waals surface area contributed by atoms with Gasteiger partial charge in [-0.05, 0) is 24.5 Å². The van der Waals surface area contributed by atoms with Crippen molar-refractivity contribution in [3.05, 3.63) is 41.2 Å². The topological polar surface area (TPSA) is 99.8 Å². The number of H-pyrrole nitrogens is 1. The molecule has 3 N–H and O–H groups in total. The first-order valence-corrected chi connectivity index (χ1v) is 7.89. The first kappa shape index (κ1) is 14.8. The number of aromatic nitrogens is 3. The summed E-state index contributed by atoms with van der Waals surface area (Å²) in [5.41, 5.74) is 0.690. The van der Waals surface area contributed by atoms with Gasteiger partial charge in [0, 0.05) is 12.3 Å². The molecular formula is C16H16FN5O2. The van der Waals surface area contributed by atoms with Crippen molar-refractivity contribution in [2.45, 2.75) is 37.6 Å². The zero-order chi connectivity index (χ0) is 16.7. The second kappa shape index (κ2) is 5.70. The van der Waals surface area contributed by atoms with Crippen LogP contribution in [0.2, 0.25) is 0 Å². The Morgan fingerprint density at radius 1 is 1.38 bits per heavy atom. The molecule has 7 nitrogen and oxygen atoms in total. The monoisotopic (exact) mass is 329 g/mol. The minimum absolute atomic E-state index is 0.0358. The summed E-state index contributed by atoms with van der Waals surface area (Å²) in [4.78, 5) is 28.4. The SMILES string of the molecule is O=C(CC1C(=O)Nc2c(F)cccc21)NCc1nc(C2CC2)n[nH]1. The van der Waals surface area contributed by atoms with E-state index in [0.717, 1.165) is 18.7 Å². The molecule has 1 saturated carbocycles. The molecule has 2 aromatic rings. The van der Waals surface area contributed by atoms with Gasteiger partial charge in [-0.15, -0.1) is 0 Å². The standard InChI is InChI=1S/C16H16FN5O2/c17-11-3-1-2-9-10(16(24)20-14(9)11)6-13(23)18-7-12-19-15(22-21-12)8-4-5-8/h1-3,8,10H,4-7H2,(H,18,23)(H,20,24)(H,19,21,22). The Bertz CT molecular complexity index is 815. The zero-order valence-electron chi connectivity index (χ0n) is 12.8. The third-order valence-corrected chi connectivity index (χ3v) is 4.32. The van der Waals surface area contributed by atoms with Gasteiger partial charge in [-0.3, -0.25) is 14.7 Å². The lowest BCUT2D eigenvalue weighted by atomic mass is 9.97. The molecule has 0 bridgehead atoms. The number of hydrogen-bond donors (Lipinski definition) is 3. The average Bonchev–Trinajstić information content (AvgIpc) is 3.22. The van der Waals surface area contributed by atoms with Gasteiger partial charge in [0.1, 0.15) is 11.6 Å². The van der Waals surface area contributed by atoms with E-state index in [1.807, 2.05) is 0 Å². The summed E-state index contributed by atoms with van der Waals surface area (Å²) in [6.07, 6.45) is 2.18. The van der Waals surface area contributed by atoms with Gasteiger partial charge in [0.25, 0.3) is 0 Å². The van der Waals surface area contributed by atoms with Crippen LogP contribution in [0.5, 0.6) is 0 Å². The first-order valence-electron chi connectivity index (χ1n) is 7.89. The Hall–Kier alpha value is -2.77. The molecule has 2 aliphatic rings. The quantitative estimate of drug-likeness (QED) is 0.775. The van der Waals surface area contributed by atoms with E-state index in [2.05, 4.69) is 25.8 Å². The van der Waals surface area contributed by atoms with Crippen molar-refractivity contribution in [2.75, 3.05) is 5.32 Å². The number of carbonyl (C=O) groups excluding carboxylic acids is 2. The number of rotatable bonds is 5. The van der Waals surface area contributed by atoms with Crippen LogP contribution in [-0.4, -0.2) is 27.0 Å². The average molecular weight is 329 g/mol. The normalized spacial score (nSPS) is 19.0. The molecule has 1 unspecified atom stereocenters. The molecule has 124 valence electrons. The van der Waals surface area contributed by atoms with Crippen LogP contribution in [0, 0.1) is 5.82 Å². The number of carbonyl (C=O) groups is 2. The Labute approximate surface area is 137 Å². The molecule has 0 radical (unpaired) electrons. The van der Waals surface area contributed by atoms with Crippen LogP contribution in [0.15, 0.2) is 18.2 Å². The van der Waals surface area contributed by atoms with Crippen LogP contribution in [0.1, 0.15) is 48.3 Å². The van der Waals surface area contributed by atoms with Crippen molar-refractivity contribution in [1.29, 1.82) is 0 Å². The largest absolute Gasteiger partial charge is 0.349 e. The molecule has 0 saturated heterocycles. The third-order valence-electron chi connectivity index (χ3n) is 4.32. The summed E-state index contributed by atoms with van der Waals surface area (Å²) in [6, 6.07) is 4.48. The van der Waals surface area contributed by atoms with Gasteiger partial charge in [0.2, 0.25) is 11.8 Å². The van der Waals surface area contributed by atoms with Crippen molar-refractivity contribution in [2.24, 2.45) is 0 Å². The molecule has 1 aliphatic heterocycles. The Morgan fingerprint density at radius 3 is 3.00 bits per heavy atom. The van der Waals surface area contributed by atoms with Gasteiger partial charge in [-0.2, -0.15) is 5.10 Å². The van der Waals surface area contributed by atoms with E-state index in [1.54, 1.807) is 6.07 Å². The number of halogens is 1. The number of fused-ring (bicyclic) bond motifs is 1. The van der Waals surface area contributed by atoms with Gasteiger partial charge in [-0.25, -0.2) is 9.37 Å². The number of anilines is 1. The third kappa shape index (κ3) is 2.75. The van der Waals surface area contributed by atoms with Crippen molar-refractivity contribution in [3.63, 3.8) is 0 Å². The fourth-order valence-corrected chi connectivity index (χ4v) is 2.87. The lowest BCUT2D eigenvalue weighted by molar-refractivity contribution is -0.125. The fourth-order valence-electron chi connectivity index (χ4n) is 2.87. The van der Waals surface area contributed by atoms with Gasteiger partial charge >= 0.3 is 0 Å². The lowest BCUT2D eigenvalue weighted by Gasteiger charge is -2.08. The van der Waals surface area contributed by atoms with Crippen molar-refractivity contribution < 1.29 is 14.0 Å². The van der Waals surface area contributed by atoms with Crippen LogP contribution in [-0.2, 0) is 16.1 Å². The van der Waals surface area contributed by atoms with Gasteiger partial charge in [-0.1, -0.05) is 12.1 Å². The Kier molecular flexibility index (Phi) is 3.51. The zero-order valence-corrected chi connectivity index (χ0v) is 12.8. The van der Waals surface area contributed by atoms with Crippen LogP contribution < -0.4 is 10.6 Å². The smallest absolute Gasteiger partial charge is 0.232 e. The number of para-hydroxylation sites is 1. The molecular weight excluding hydrogens is 313 g/mol. The summed E-state index contributed by atoms with van der Waals surface area (Å²) in [7, 11) is 0. The highest BCUT2D eigenvalue weighted by molar-refractivity contribution is 6.05. The maximum Gasteiger partial charge on any atom is 0.232 e. The summed E-state index contributed by atoms with van der Waals surface area (Å²) in [5.74, 6) is 0.00807. The second-order valence-corrected chi connectivity index (χ2v) is 6.14. The minimum Gasteiger partial charge on any atom is -0.349 e. The highest BCUT2D eigenvalue weighted by Gasteiger charge is 2.34. The molecule has 1 aromatic heterocycles. The molecule has 1 atom stereocenters. The van der Waals surface area contributed by atoms with Crippen molar-refractivity contribution >= 4 is 17.5 Å². The Balaban J connectivity index is 1.37. The van der Waals surface area contributed by atoms with E-state index < -0.39 is 11.7 Å². The molecule has 4 rings (SSSR count). The lowest BCUT2D eigenvalue weighted by Crippen LogP contribution is -2.27. The maximum atomic E-state index is 13.7. The molecule has 1 fully saturated rings. The van der Waals surface area contributed by atoms with Crippen LogP contribution in [0.25, 0.3) is 0 Å². The van der Waals surface area contributed by atoms with E-state index in [1.165, 1.54) is 12.1 Å². The molecule has 2 amide bonds. The molecule has 1 aliphatic carbocycles. The predicted octanol–water partition coefficient (Wildman–Crippen LogP) is 1.56. The number of aromatic amines is 1. The summed E-state index contributed by atoms with van der Waals surface area (Å²) in [6.45, 7) is 0.225. The van der Waals surface area contributed by atoms with Crippen LogP contribution >= 0.6 is 0 Å². The van der Waals surface area contributed by atoms with Crippen LogP contribution in [0.4, 0.5) is 10.1 Å². The predicted molar refractivity (Wildman–Crippen MR) is 82.6 cm³/mol. The highest BCUT2D eigenvalue weighted by atomic mass is 19.1. The van der Waals surface area contributed by atoms with Crippen molar-refractivity contribution in [1.82, 2.24) is 20.5 Å². The molecule has 0 spiro atoms. The van der Waals surface area contributed by atoms with E-state index in [0.29, 0.717) is 17.3 Å². The summed E-state index contributed by atoms with van der Waals surface area (Å²) in [5, 5.41) is 12.1. The van der Waals surface area contributed by atoms with Gasteiger partial charge < -0.3 is 10.6 Å². The van der Waals surface area contributed by atoms with Gasteiger partial charge in [0.15, 0.2) is 5.82 Å². The van der Waals surface area contributed by atoms with Gasteiger partial charge in [0.05, 0.1) is 18.2 Å². The van der Waals surface area contributed by atoms with Crippen molar-refractivity contribution in [3.8, 4) is 0 Å². The number of nitrogens with zero attached hydrogens (tertiary/aromatic N) is 2. The van der Waals surface area contributed by atoms with E-state index >= 15 is 0 Å².